The van der Waals surface area contributed by atoms with E-state index in [1.807, 2.05) is 6.92 Å². The summed E-state index contributed by atoms with van der Waals surface area (Å²) in [6.07, 6.45) is 0. The van der Waals surface area contributed by atoms with Crippen molar-refractivity contribution in [3.05, 3.63) is 0 Å². The van der Waals surface area contributed by atoms with Gasteiger partial charge in [-0.3, -0.25) is 4.90 Å². The molecule has 0 aliphatic heterocycles. The summed E-state index contributed by atoms with van der Waals surface area (Å²) >= 11 is 0. The smallest absolute Gasteiger partial charge is 0.0679 e. The van der Waals surface area contributed by atoms with Crippen LogP contribution in [0.25, 0.3) is 0 Å². The average molecular weight is 144 g/mol. The van der Waals surface area contributed by atoms with E-state index in [9.17, 15) is 0 Å². The molecule has 0 aromatic carbocycles. The molecule has 0 atom stereocenters. The first kappa shape index (κ1) is 9.43. The lowest BCUT2D eigenvalue weighted by Crippen LogP contribution is -2.28. The quantitative estimate of drug-likeness (QED) is 0.365. The zero-order valence-electron chi connectivity index (χ0n) is 6.96. The van der Waals surface area contributed by atoms with Gasteiger partial charge in [-0.1, -0.05) is 19.0 Å². The molecule has 0 aliphatic rings. The molecule has 3 nitrogen and oxygen atoms in total. The maximum atomic E-state index is 8.34. The zero-order valence-corrected chi connectivity index (χ0v) is 6.96. The second kappa shape index (κ2) is 5.23. The Labute approximate surface area is 62.3 Å². The van der Waals surface area contributed by atoms with Crippen LogP contribution in [-0.2, 0) is 0 Å². The van der Waals surface area contributed by atoms with Gasteiger partial charge in [0, 0.05) is 6.54 Å². The van der Waals surface area contributed by atoms with Gasteiger partial charge in [-0.25, -0.2) is 0 Å². The fraction of sp³-hybridized carbons (Fsp3) is 0.857. The predicted molar refractivity (Wildman–Crippen MR) is 42.7 cm³/mol. The Morgan fingerprint density at radius 3 is 2.20 bits per heavy atom. The molecule has 0 heterocycles. The van der Waals surface area contributed by atoms with Crippen molar-refractivity contribution in [3.8, 4) is 0 Å². The minimum Gasteiger partial charge on any atom is -0.411 e. The molecule has 60 valence electrons. The van der Waals surface area contributed by atoms with Gasteiger partial charge in [0.1, 0.15) is 0 Å². The van der Waals surface area contributed by atoms with Gasteiger partial charge in [-0.15, -0.1) is 0 Å². The van der Waals surface area contributed by atoms with Crippen molar-refractivity contribution < 1.29 is 5.21 Å². The van der Waals surface area contributed by atoms with E-state index in [2.05, 4.69) is 23.9 Å². The minimum atomic E-state index is 0.767. The topological polar surface area (TPSA) is 35.8 Å². The Morgan fingerprint density at radius 1 is 1.40 bits per heavy atom. The molecule has 0 amide bonds. The van der Waals surface area contributed by atoms with E-state index in [1.165, 1.54) is 0 Å². The Kier molecular flexibility index (Phi) is 4.94. The number of nitrogens with zero attached hydrogens (tertiary/aromatic N) is 2. The molecule has 0 radical (unpaired) electrons. The summed E-state index contributed by atoms with van der Waals surface area (Å²) < 4.78 is 0. The highest BCUT2D eigenvalue weighted by Gasteiger charge is 1.99. The van der Waals surface area contributed by atoms with Crippen molar-refractivity contribution in [3.63, 3.8) is 0 Å². The number of hydrogen-bond donors (Lipinski definition) is 1. The van der Waals surface area contributed by atoms with Crippen LogP contribution in [0.1, 0.15) is 20.8 Å². The lowest BCUT2D eigenvalue weighted by molar-refractivity contribution is 0.304. The van der Waals surface area contributed by atoms with Crippen molar-refractivity contribution in [1.29, 1.82) is 0 Å². The predicted octanol–water partition coefficient (Wildman–Crippen LogP) is 1.18. The molecule has 0 saturated heterocycles. The van der Waals surface area contributed by atoms with Crippen LogP contribution in [0.2, 0.25) is 0 Å². The van der Waals surface area contributed by atoms with E-state index in [-0.39, 0.29) is 0 Å². The third kappa shape index (κ3) is 3.45. The number of hydrogen-bond acceptors (Lipinski definition) is 3. The van der Waals surface area contributed by atoms with E-state index in [1.54, 1.807) is 0 Å². The Hall–Kier alpha value is -0.570. The van der Waals surface area contributed by atoms with Gasteiger partial charge in [0.2, 0.25) is 0 Å². The number of oxime groups is 1. The van der Waals surface area contributed by atoms with Crippen LogP contribution in [-0.4, -0.2) is 35.5 Å². The summed E-state index contributed by atoms with van der Waals surface area (Å²) in [6, 6.07) is 0. The fourth-order valence-electron chi connectivity index (χ4n) is 0.802. The van der Waals surface area contributed by atoms with Crippen molar-refractivity contribution >= 4 is 5.71 Å². The van der Waals surface area contributed by atoms with Crippen molar-refractivity contribution in [2.24, 2.45) is 5.16 Å². The SMILES string of the molecule is CCN(CC)C/C(C)=N\O. The maximum absolute atomic E-state index is 8.34. The van der Waals surface area contributed by atoms with Crippen molar-refractivity contribution in [2.75, 3.05) is 19.6 Å². The van der Waals surface area contributed by atoms with E-state index in [0.29, 0.717) is 0 Å². The maximum Gasteiger partial charge on any atom is 0.0679 e. The molecule has 0 aliphatic carbocycles. The van der Waals surface area contributed by atoms with Crippen molar-refractivity contribution in [2.45, 2.75) is 20.8 Å². The van der Waals surface area contributed by atoms with Gasteiger partial charge in [-0.05, 0) is 20.0 Å². The largest absolute Gasteiger partial charge is 0.411 e. The third-order valence-electron chi connectivity index (χ3n) is 1.52. The van der Waals surface area contributed by atoms with Crippen LogP contribution < -0.4 is 0 Å². The summed E-state index contributed by atoms with van der Waals surface area (Å²) in [6.45, 7) is 8.77. The Morgan fingerprint density at radius 2 is 1.90 bits per heavy atom. The minimum absolute atomic E-state index is 0.767. The first-order chi connectivity index (χ1) is 4.74. The molecule has 10 heavy (non-hydrogen) atoms. The van der Waals surface area contributed by atoms with Crippen LogP contribution in [0.15, 0.2) is 5.16 Å². The summed E-state index contributed by atoms with van der Waals surface area (Å²) in [4.78, 5) is 2.19. The molecule has 0 saturated carbocycles. The summed E-state index contributed by atoms with van der Waals surface area (Å²) in [7, 11) is 0. The van der Waals surface area contributed by atoms with Crippen LogP contribution in [0.5, 0.6) is 0 Å². The molecule has 3 heteroatoms. The van der Waals surface area contributed by atoms with Crippen LogP contribution in [0.4, 0.5) is 0 Å². The second-order valence-corrected chi connectivity index (χ2v) is 2.30. The highest BCUT2D eigenvalue weighted by atomic mass is 16.4. The fourth-order valence-corrected chi connectivity index (χ4v) is 0.802. The van der Waals surface area contributed by atoms with E-state index >= 15 is 0 Å². The average Bonchev–Trinajstić information content (AvgIpc) is 1.99. The molecule has 1 N–H and O–H groups in total. The van der Waals surface area contributed by atoms with Crippen LogP contribution in [0.3, 0.4) is 0 Å². The molecule has 0 fully saturated rings. The summed E-state index contributed by atoms with van der Waals surface area (Å²) in [5, 5.41) is 11.4. The Balaban J connectivity index is 3.63. The summed E-state index contributed by atoms with van der Waals surface area (Å²) in [5.41, 5.74) is 0.767. The highest BCUT2D eigenvalue weighted by Crippen LogP contribution is 1.87. The van der Waals surface area contributed by atoms with Crippen molar-refractivity contribution in [1.82, 2.24) is 4.90 Å². The van der Waals surface area contributed by atoms with Gasteiger partial charge >= 0.3 is 0 Å². The zero-order chi connectivity index (χ0) is 7.98. The van der Waals surface area contributed by atoms with Gasteiger partial charge in [0.05, 0.1) is 5.71 Å². The van der Waals surface area contributed by atoms with Gasteiger partial charge < -0.3 is 5.21 Å². The molecule has 0 bridgehead atoms. The van der Waals surface area contributed by atoms with Crippen LogP contribution in [0, 0.1) is 0 Å². The lowest BCUT2D eigenvalue weighted by Gasteiger charge is -2.16. The van der Waals surface area contributed by atoms with E-state index in [4.69, 9.17) is 5.21 Å². The molecule has 0 aromatic heterocycles. The molecule has 0 unspecified atom stereocenters. The van der Waals surface area contributed by atoms with Gasteiger partial charge in [0.15, 0.2) is 0 Å². The first-order valence-corrected chi connectivity index (χ1v) is 3.64. The molecular formula is C7H16N2O. The molecule has 0 rings (SSSR count). The molecule has 0 aromatic rings. The molecular weight excluding hydrogens is 128 g/mol. The summed E-state index contributed by atoms with van der Waals surface area (Å²) in [5.74, 6) is 0. The van der Waals surface area contributed by atoms with Crippen LogP contribution >= 0.6 is 0 Å². The van der Waals surface area contributed by atoms with Gasteiger partial charge in [-0.2, -0.15) is 0 Å². The second-order valence-electron chi connectivity index (χ2n) is 2.30. The molecule has 0 spiro atoms. The van der Waals surface area contributed by atoms with E-state index < -0.39 is 0 Å². The van der Waals surface area contributed by atoms with Gasteiger partial charge in [0.25, 0.3) is 0 Å². The normalized spacial score (nSPS) is 12.6. The Bertz CT molecular complexity index is 108. The lowest BCUT2D eigenvalue weighted by atomic mass is 10.4. The standard InChI is InChI=1S/C7H16N2O/c1-4-9(5-2)6-7(3)8-10/h10H,4-6H2,1-3H3/b8-7-. The monoisotopic (exact) mass is 144 g/mol. The third-order valence-corrected chi connectivity index (χ3v) is 1.52. The first-order valence-electron chi connectivity index (χ1n) is 3.64. The highest BCUT2D eigenvalue weighted by molar-refractivity contribution is 5.83. The van der Waals surface area contributed by atoms with E-state index in [0.717, 1.165) is 25.3 Å². The number of rotatable bonds is 4.